The molecule has 132 valence electrons. The normalized spacial score (nSPS) is 27.0. The Hall–Kier alpha value is -2.34. The van der Waals surface area contributed by atoms with Crippen molar-refractivity contribution in [1.29, 1.82) is 5.41 Å². The van der Waals surface area contributed by atoms with Crippen LogP contribution in [0.1, 0.15) is 45.4 Å². The zero-order chi connectivity index (χ0) is 18.0. The fourth-order valence-electron chi connectivity index (χ4n) is 3.46. The van der Waals surface area contributed by atoms with Crippen molar-refractivity contribution in [3.8, 4) is 0 Å². The highest BCUT2D eigenvalue weighted by molar-refractivity contribution is 6.20. The topological polar surface area (TPSA) is 93.8 Å². The molecule has 0 aromatic heterocycles. The van der Waals surface area contributed by atoms with Crippen LogP contribution in [0.15, 0.2) is 39.9 Å². The first kappa shape index (κ1) is 17.5. The van der Waals surface area contributed by atoms with Crippen molar-refractivity contribution in [3.63, 3.8) is 0 Å². The van der Waals surface area contributed by atoms with E-state index in [1.165, 1.54) is 6.21 Å². The lowest BCUT2D eigenvalue weighted by molar-refractivity contribution is -0.128. The van der Waals surface area contributed by atoms with Crippen molar-refractivity contribution >= 4 is 23.7 Å². The number of amides is 1. The molecule has 25 heavy (non-hydrogen) atoms. The van der Waals surface area contributed by atoms with Gasteiger partial charge in [-0.2, -0.15) is 0 Å². The summed E-state index contributed by atoms with van der Waals surface area (Å²) in [5, 5.41) is 18.0. The number of carbonyl (C=O) groups excluding carboxylic acids is 2. The van der Waals surface area contributed by atoms with Crippen molar-refractivity contribution in [2.24, 2.45) is 4.99 Å². The van der Waals surface area contributed by atoms with Crippen LogP contribution in [0, 0.1) is 5.41 Å². The lowest BCUT2D eigenvalue weighted by Gasteiger charge is -2.37. The van der Waals surface area contributed by atoms with Crippen molar-refractivity contribution in [1.82, 2.24) is 4.90 Å². The highest BCUT2D eigenvalue weighted by Gasteiger charge is 2.37. The van der Waals surface area contributed by atoms with Crippen molar-refractivity contribution in [2.75, 3.05) is 0 Å². The molecule has 0 aromatic rings. The Labute approximate surface area is 147 Å². The first-order valence-electron chi connectivity index (χ1n) is 8.79. The molecule has 2 aliphatic heterocycles. The largest absolute Gasteiger partial charge is 0.371 e. The minimum atomic E-state index is -0.757. The maximum absolute atomic E-state index is 13.1. The summed E-state index contributed by atoms with van der Waals surface area (Å²) < 4.78 is 0. The molecule has 1 fully saturated rings. The van der Waals surface area contributed by atoms with Gasteiger partial charge in [0.1, 0.15) is 17.8 Å². The number of carbonyl (C=O) groups is 2. The van der Waals surface area contributed by atoms with Crippen LogP contribution >= 0.6 is 0 Å². The maximum Gasteiger partial charge on any atom is 0.260 e. The fourth-order valence-corrected chi connectivity index (χ4v) is 3.46. The minimum Gasteiger partial charge on any atom is -0.371 e. The van der Waals surface area contributed by atoms with Crippen molar-refractivity contribution in [3.05, 3.63) is 34.9 Å². The third-order valence-corrected chi connectivity index (χ3v) is 4.81. The van der Waals surface area contributed by atoms with Crippen LogP contribution in [0.2, 0.25) is 0 Å². The highest BCUT2D eigenvalue weighted by Crippen LogP contribution is 2.30. The maximum atomic E-state index is 13.1. The molecule has 3 aliphatic rings. The standard InChI is InChI=1S/C19H23N3O3/c1-2-3-12-10-16(13-4-9-17(24)21-11-13)19(25)22(18(12)20)14-5-7-15(23)8-6-14/h3-4,10-11,14,17,20,24H,2,5-9H2,1H3/b12-3+,20-18?. The quantitative estimate of drug-likeness (QED) is 0.825. The number of aliphatic imine (C=N–C) groups is 1. The van der Waals surface area contributed by atoms with Gasteiger partial charge in [-0.05, 0) is 25.3 Å². The zero-order valence-corrected chi connectivity index (χ0v) is 14.4. The Bertz CT molecular complexity index is 720. The molecule has 1 amide bonds. The second-order valence-corrected chi connectivity index (χ2v) is 6.57. The van der Waals surface area contributed by atoms with Gasteiger partial charge in [0, 0.05) is 48.2 Å². The number of hydrogen-bond acceptors (Lipinski definition) is 5. The summed E-state index contributed by atoms with van der Waals surface area (Å²) in [7, 11) is 0. The second-order valence-electron chi connectivity index (χ2n) is 6.57. The summed E-state index contributed by atoms with van der Waals surface area (Å²) in [5.41, 5.74) is 1.90. The summed E-state index contributed by atoms with van der Waals surface area (Å²) in [6.07, 6.45) is 9.52. The molecule has 6 heteroatoms. The number of ketones is 1. The van der Waals surface area contributed by atoms with Gasteiger partial charge in [0.15, 0.2) is 0 Å². The van der Waals surface area contributed by atoms with E-state index in [4.69, 9.17) is 5.41 Å². The first-order chi connectivity index (χ1) is 12.0. The van der Waals surface area contributed by atoms with Crippen LogP contribution in [0.25, 0.3) is 0 Å². The molecule has 0 aromatic carbocycles. The van der Waals surface area contributed by atoms with Crippen LogP contribution in [0.3, 0.4) is 0 Å². The molecule has 1 saturated carbocycles. The van der Waals surface area contributed by atoms with Crippen LogP contribution in [-0.4, -0.2) is 46.0 Å². The lowest BCUT2D eigenvalue weighted by Crippen LogP contribution is -2.49. The highest BCUT2D eigenvalue weighted by atomic mass is 16.3. The average molecular weight is 341 g/mol. The Balaban J connectivity index is 1.95. The van der Waals surface area contributed by atoms with E-state index in [0.29, 0.717) is 43.3 Å². The number of rotatable bonds is 3. The van der Waals surface area contributed by atoms with Gasteiger partial charge in [-0.15, -0.1) is 0 Å². The molecule has 0 spiro atoms. The van der Waals surface area contributed by atoms with Gasteiger partial charge in [-0.1, -0.05) is 19.1 Å². The molecule has 1 atom stereocenters. The molecular weight excluding hydrogens is 318 g/mol. The molecule has 6 nitrogen and oxygen atoms in total. The summed E-state index contributed by atoms with van der Waals surface area (Å²) in [6.45, 7) is 1.99. The van der Waals surface area contributed by atoms with Crippen LogP contribution in [-0.2, 0) is 9.59 Å². The second kappa shape index (κ2) is 7.27. The molecule has 0 bridgehead atoms. The van der Waals surface area contributed by atoms with Gasteiger partial charge in [0.25, 0.3) is 5.91 Å². The summed E-state index contributed by atoms with van der Waals surface area (Å²) in [4.78, 5) is 30.2. The van der Waals surface area contributed by atoms with Crippen LogP contribution in [0.4, 0.5) is 0 Å². The van der Waals surface area contributed by atoms with Crippen molar-refractivity contribution in [2.45, 2.75) is 57.7 Å². The van der Waals surface area contributed by atoms with E-state index in [9.17, 15) is 14.7 Å². The third-order valence-electron chi connectivity index (χ3n) is 4.81. The summed E-state index contributed by atoms with van der Waals surface area (Å²) >= 11 is 0. The molecule has 2 heterocycles. The smallest absolute Gasteiger partial charge is 0.260 e. The predicted octanol–water partition coefficient (Wildman–Crippen LogP) is 2.30. The van der Waals surface area contributed by atoms with E-state index in [1.54, 1.807) is 11.0 Å². The Morgan fingerprint density at radius 1 is 1.36 bits per heavy atom. The van der Waals surface area contributed by atoms with E-state index >= 15 is 0 Å². The molecule has 0 radical (unpaired) electrons. The molecule has 3 rings (SSSR count). The third kappa shape index (κ3) is 3.54. The first-order valence-corrected chi connectivity index (χ1v) is 8.79. The molecule has 1 unspecified atom stereocenters. The predicted molar refractivity (Wildman–Crippen MR) is 95.5 cm³/mol. The number of hydrogen-bond donors (Lipinski definition) is 2. The number of nitrogens with one attached hydrogen (secondary N) is 1. The van der Waals surface area contributed by atoms with Gasteiger partial charge in [0.2, 0.25) is 0 Å². The van der Waals surface area contributed by atoms with E-state index in [2.05, 4.69) is 4.99 Å². The molecule has 2 N–H and O–H groups in total. The van der Waals surface area contributed by atoms with Crippen molar-refractivity contribution < 1.29 is 14.7 Å². The molecular formula is C19H23N3O3. The monoisotopic (exact) mass is 341 g/mol. The Morgan fingerprint density at radius 3 is 2.68 bits per heavy atom. The Morgan fingerprint density at radius 2 is 2.08 bits per heavy atom. The SMILES string of the molecule is CC/C=C1\C=C(C2=CCC(O)N=C2)C(=O)N(C2CCC(=O)CC2)C1=N. The van der Waals surface area contributed by atoms with E-state index in [-0.39, 0.29) is 23.6 Å². The number of aliphatic hydroxyl groups is 1. The molecule has 1 aliphatic carbocycles. The number of amidine groups is 1. The summed E-state index contributed by atoms with van der Waals surface area (Å²) in [6, 6.07) is -0.117. The Kier molecular flexibility index (Phi) is 5.08. The van der Waals surface area contributed by atoms with E-state index < -0.39 is 6.23 Å². The average Bonchev–Trinajstić information content (AvgIpc) is 2.60. The molecule has 0 saturated heterocycles. The van der Waals surface area contributed by atoms with Gasteiger partial charge < -0.3 is 5.11 Å². The minimum absolute atomic E-state index is 0.117. The van der Waals surface area contributed by atoms with Gasteiger partial charge in [-0.25, -0.2) is 0 Å². The number of Topliss-reactive ketones (excluding diaryl/α,β-unsaturated/α-hetero) is 1. The fraction of sp³-hybridized carbons (Fsp3) is 0.474. The lowest BCUT2D eigenvalue weighted by atomic mass is 9.88. The van der Waals surface area contributed by atoms with E-state index in [0.717, 1.165) is 12.0 Å². The van der Waals surface area contributed by atoms with E-state index in [1.807, 2.05) is 19.1 Å². The van der Waals surface area contributed by atoms with Gasteiger partial charge in [-0.3, -0.25) is 24.9 Å². The number of allylic oxidation sites excluding steroid dienone is 1. The zero-order valence-electron chi connectivity index (χ0n) is 14.4. The summed E-state index contributed by atoms with van der Waals surface area (Å²) in [5.74, 6) is 0.221. The van der Waals surface area contributed by atoms with Crippen LogP contribution < -0.4 is 0 Å². The number of dihydropyridines is 1. The van der Waals surface area contributed by atoms with Gasteiger partial charge in [0.05, 0.1) is 0 Å². The van der Waals surface area contributed by atoms with Gasteiger partial charge >= 0.3 is 0 Å². The number of nitrogens with zero attached hydrogens (tertiary/aromatic N) is 2. The number of aliphatic hydroxyl groups excluding tert-OH is 1. The van der Waals surface area contributed by atoms with Crippen LogP contribution in [0.5, 0.6) is 0 Å².